The zero-order valence-electron chi connectivity index (χ0n) is 5.58. The highest BCUT2D eigenvalue weighted by atomic mass is 16.3. The maximum Gasteiger partial charge on any atom is 0.0943 e. The first-order valence-electron chi connectivity index (χ1n) is 3.69. The smallest absolute Gasteiger partial charge is 0.0943 e. The molecule has 0 N–H and O–H groups in total. The van der Waals surface area contributed by atoms with Gasteiger partial charge in [0.1, 0.15) is 0 Å². The number of hydrogen-bond donors (Lipinski definition) is 0. The predicted molar refractivity (Wildman–Crippen MR) is 37.9 cm³/mol. The predicted octanol–water partition coefficient (Wildman–Crippen LogP) is 2.42. The standard InChI is InChI=1S/C9H8O/c1-2-7-3-6(1)8-4-10-5-9(7)8/h1-2,4-7H,3H2. The Hall–Kier alpha value is -0.980. The van der Waals surface area contributed by atoms with Gasteiger partial charge in [0, 0.05) is 23.0 Å². The summed E-state index contributed by atoms with van der Waals surface area (Å²) in [6, 6.07) is 0. The van der Waals surface area contributed by atoms with Gasteiger partial charge in [-0.1, -0.05) is 12.2 Å². The van der Waals surface area contributed by atoms with Gasteiger partial charge in [0.15, 0.2) is 0 Å². The average Bonchev–Trinajstić information content (AvgIpc) is 2.60. The molecule has 0 saturated carbocycles. The average molecular weight is 132 g/mol. The van der Waals surface area contributed by atoms with Crippen molar-refractivity contribution in [3.8, 4) is 0 Å². The van der Waals surface area contributed by atoms with Crippen molar-refractivity contribution in [1.82, 2.24) is 0 Å². The van der Waals surface area contributed by atoms with Gasteiger partial charge in [-0.25, -0.2) is 0 Å². The fourth-order valence-corrected chi connectivity index (χ4v) is 2.08. The first-order chi connectivity index (χ1) is 4.95. The van der Waals surface area contributed by atoms with Crippen molar-refractivity contribution in [3.63, 3.8) is 0 Å². The minimum atomic E-state index is 0.679. The number of allylic oxidation sites excluding steroid dienone is 2. The number of hydrogen-bond acceptors (Lipinski definition) is 1. The summed E-state index contributed by atoms with van der Waals surface area (Å²) < 4.78 is 5.13. The molecule has 1 aromatic heterocycles. The molecule has 0 aromatic carbocycles. The molecule has 1 heteroatoms. The van der Waals surface area contributed by atoms with Crippen LogP contribution in [0, 0.1) is 0 Å². The summed E-state index contributed by atoms with van der Waals surface area (Å²) in [5.41, 5.74) is 2.85. The van der Waals surface area contributed by atoms with E-state index < -0.39 is 0 Å². The van der Waals surface area contributed by atoms with Gasteiger partial charge in [0.05, 0.1) is 12.5 Å². The van der Waals surface area contributed by atoms with E-state index in [2.05, 4.69) is 12.2 Å². The fraction of sp³-hybridized carbons (Fsp3) is 0.333. The molecule has 1 nitrogen and oxygen atoms in total. The third kappa shape index (κ3) is 0.376. The van der Waals surface area contributed by atoms with E-state index in [9.17, 15) is 0 Å². The maximum absolute atomic E-state index is 5.13. The lowest BCUT2D eigenvalue weighted by molar-refractivity contribution is 0.552. The highest BCUT2D eigenvalue weighted by Crippen LogP contribution is 2.48. The van der Waals surface area contributed by atoms with Crippen LogP contribution in [0.4, 0.5) is 0 Å². The van der Waals surface area contributed by atoms with Gasteiger partial charge in [-0.2, -0.15) is 0 Å². The first-order valence-corrected chi connectivity index (χ1v) is 3.69. The quantitative estimate of drug-likeness (QED) is 0.494. The van der Waals surface area contributed by atoms with Crippen molar-refractivity contribution >= 4 is 0 Å². The third-order valence-corrected chi connectivity index (χ3v) is 2.61. The normalized spacial score (nSPS) is 33.2. The van der Waals surface area contributed by atoms with Gasteiger partial charge in [-0.3, -0.25) is 0 Å². The van der Waals surface area contributed by atoms with Crippen molar-refractivity contribution in [2.75, 3.05) is 0 Å². The molecular formula is C9H8O. The van der Waals surface area contributed by atoms with Crippen LogP contribution in [0.3, 0.4) is 0 Å². The summed E-state index contributed by atoms with van der Waals surface area (Å²) in [6.07, 6.45) is 9.67. The Labute approximate surface area is 59.3 Å². The van der Waals surface area contributed by atoms with E-state index >= 15 is 0 Å². The minimum absolute atomic E-state index is 0.679. The van der Waals surface area contributed by atoms with Crippen molar-refractivity contribution < 1.29 is 4.42 Å². The van der Waals surface area contributed by atoms with Crippen LogP contribution in [-0.2, 0) is 0 Å². The molecule has 2 bridgehead atoms. The molecule has 2 aliphatic rings. The molecule has 0 fully saturated rings. The van der Waals surface area contributed by atoms with Crippen molar-refractivity contribution in [2.24, 2.45) is 0 Å². The van der Waals surface area contributed by atoms with E-state index in [0.29, 0.717) is 11.8 Å². The Balaban J connectivity index is 2.30. The molecule has 50 valence electrons. The summed E-state index contributed by atoms with van der Waals surface area (Å²) in [4.78, 5) is 0. The molecule has 10 heavy (non-hydrogen) atoms. The second kappa shape index (κ2) is 1.36. The van der Waals surface area contributed by atoms with Crippen LogP contribution in [-0.4, -0.2) is 0 Å². The Morgan fingerprint density at radius 2 is 1.70 bits per heavy atom. The summed E-state index contributed by atoms with van der Waals surface area (Å²) in [7, 11) is 0. The van der Waals surface area contributed by atoms with Gasteiger partial charge in [-0.15, -0.1) is 0 Å². The Morgan fingerprint density at radius 3 is 2.30 bits per heavy atom. The van der Waals surface area contributed by atoms with Crippen LogP contribution < -0.4 is 0 Å². The van der Waals surface area contributed by atoms with Crippen molar-refractivity contribution in [2.45, 2.75) is 18.3 Å². The lowest BCUT2D eigenvalue weighted by Crippen LogP contribution is -1.85. The summed E-state index contributed by atoms with van der Waals surface area (Å²) in [5, 5.41) is 0. The highest BCUT2D eigenvalue weighted by molar-refractivity contribution is 5.44. The Bertz CT molecular complexity index is 269. The van der Waals surface area contributed by atoms with Crippen LogP contribution in [0.2, 0.25) is 0 Å². The molecule has 0 saturated heterocycles. The molecule has 1 heterocycles. The largest absolute Gasteiger partial charge is 0.472 e. The molecule has 0 aliphatic heterocycles. The monoisotopic (exact) mass is 132 g/mol. The SMILES string of the molecule is C1=CC2CC1c1cocc12. The zero-order chi connectivity index (χ0) is 6.55. The van der Waals surface area contributed by atoms with Crippen LogP contribution in [0.25, 0.3) is 0 Å². The summed E-state index contributed by atoms with van der Waals surface area (Å²) in [5.74, 6) is 1.36. The molecule has 0 spiro atoms. The molecule has 2 atom stereocenters. The van der Waals surface area contributed by atoms with Gasteiger partial charge in [0.2, 0.25) is 0 Å². The van der Waals surface area contributed by atoms with Crippen LogP contribution >= 0.6 is 0 Å². The molecular weight excluding hydrogens is 124 g/mol. The Morgan fingerprint density at radius 1 is 1.10 bits per heavy atom. The minimum Gasteiger partial charge on any atom is -0.472 e. The van der Waals surface area contributed by atoms with Gasteiger partial charge in [0.25, 0.3) is 0 Å². The molecule has 3 rings (SSSR count). The fourth-order valence-electron chi connectivity index (χ4n) is 2.08. The molecule has 2 aliphatic carbocycles. The van der Waals surface area contributed by atoms with E-state index in [1.165, 1.54) is 17.5 Å². The lowest BCUT2D eigenvalue weighted by Gasteiger charge is -1.99. The molecule has 0 amide bonds. The first kappa shape index (κ1) is 4.78. The summed E-state index contributed by atoms with van der Waals surface area (Å²) in [6.45, 7) is 0. The topological polar surface area (TPSA) is 13.1 Å². The van der Waals surface area contributed by atoms with Crippen LogP contribution in [0.15, 0.2) is 29.1 Å². The second-order valence-electron chi connectivity index (χ2n) is 3.12. The molecule has 2 unspecified atom stereocenters. The number of rotatable bonds is 0. The lowest BCUT2D eigenvalue weighted by atomic mass is 10.0. The van der Waals surface area contributed by atoms with Gasteiger partial charge in [-0.05, 0) is 6.42 Å². The Kier molecular flexibility index (Phi) is 0.652. The van der Waals surface area contributed by atoms with E-state index in [0.717, 1.165) is 0 Å². The van der Waals surface area contributed by atoms with Gasteiger partial charge >= 0.3 is 0 Å². The van der Waals surface area contributed by atoms with E-state index in [1.807, 2.05) is 12.5 Å². The van der Waals surface area contributed by atoms with Crippen molar-refractivity contribution in [1.29, 1.82) is 0 Å². The highest BCUT2D eigenvalue weighted by Gasteiger charge is 2.33. The van der Waals surface area contributed by atoms with Gasteiger partial charge < -0.3 is 4.42 Å². The second-order valence-corrected chi connectivity index (χ2v) is 3.12. The van der Waals surface area contributed by atoms with Crippen LogP contribution in [0.5, 0.6) is 0 Å². The third-order valence-electron chi connectivity index (χ3n) is 2.61. The van der Waals surface area contributed by atoms with Crippen molar-refractivity contribution in [3.05, 3.63) is 35.8 Å². The van der Waals surface area contributed by atoms with E-state index in [-0.39, 0.29) is 0 Å². The number of furan rings is 1. The van der Waals surface area contributed by atoms with E-state index in [4.69, 9.17) is 4.42 Å². The molecule has 0 radical (unpaired) electrons. The zero-order valence-corrected chi connectivity index (χ0v) is 5.58. The summed E-state index contributed by atoms with van der Waals surface area (Å²) >= 11 is 0. The van der Waals surface area contributed by atoms with Crippen LogP contribution in [0.1, 0.15) is 29.4 Å². The number of fused-ring (bicyclic) bond motifs is 5. The van der Waals surface area contributed by atoms with E-state index in [1.54, 1.807) is 0 Å². The molecule has 1 aromatic rings. The maximum atomic E-state index is 5.13.